The number of hydrogen-bond acceptors (Lipinski definition) is 5. The first-order valence-corrected chi connectivity index (χ1v) is 4.69. The quantitative estimate of drug-likeness (QED) is 0.760. The SMILES string of the molecule is CC(OCCO)c1ncc2[nH]cnc2n1. The highest BCUT2D eigenvalue weighted by molar-refractivity contribution is 5.68. The molecule has 0 saturated heterocycles. The summed E-state index contributed by atoms with van der Waals surface area (Å²) in [5.41, 5.74) is 1.42. The van der Waals surface area contributed by atoms with E-state index in [4.69, 9.17) is 9.84 Å². The molecule has 0 aliphatic heterocycles. The number of aromatic nitrogens is 4. The van der Waals surface area contributed by atoms with Crippen molar-refractivity contribution in [1.82, 2.24) is 19.9 Å². The van der Waals surface area contributed by atoms with E-state index in [9.17, 15) is 0 Å². The van der Waals surface area contributed by atoms with Gasteiger partial charge in [-0.05, 0) is 6.92 Å². The van der Waals surface area contributed by atoms with Crippen molar-refractivity contribution in [2.45, 2.75) is 13.0 Å². The summed E-state index contributed by atoms with van der Waals surface area (Å²) in [5, 5.41) is 8.62. The van der Waals surface area contributed by atoms with Crippen LogP contribution in [0.25, 0.3) is 11.2 Å². The minimum Gasteiger partial charge on any atom is -0.394 e. The number of imidazole rings is 1. The van der Waals surface area contributed by atoms with Crippen LogP contribution in [0, 0.1) is 0 Å². The average molecular weight is 208 g/mol. The smallest absolute Gasteiger partial charge is 0.180 e. The van der Waals surface area contributed by atoms with Gasteiger partial charge in [-0.3, -0.25) is 0 Å². The van der Waals surface area contributed by atoms with E-state index >= 15 is 0 Å². The van der Waals surface area contributed by atoms with E-state index in [0.29, 0.717) is 11.5 Å². The van der Waals surface area contributed by atoms with E-state index in [1.54, 1.807) is 12.5 Å². The summed E-state index contributed by atoms with van der Waals surface area (Å²) >= 11 is 0. The lowest BCUT2D eigenvalue weighted by Gasteiger charge is -2.09. The Labute approximate surface area is 86.3 Å². The van der Waals surface area contributed by atoms with Gasteiger partial charge in [-0.25, -0.2) is 15.0 Å². The molecule has 2 N–H and O–H groups in total. The minimum absolute atomic E-state index is 0.00497. The molecule has 2 rings (SSSR count). The number of nitrogens with zero attached hydrogens (tertiary/aromatic N) is 3. The number of ether oxygens (including phenoxy) is 1. The molecule has 2 heterocycles. The van der Waals surface area contributed by atoms with Crippen LogP contribution in [0.4, 0.5) is 0 Å². The third-order valence-corrected chi connectivity index (χ3v) is 2.02. The van der Waals surface area contributed by atoms with Gasteiger partial charge in [0.25, 0.3) is 0 Å². The third kappa shape index (κ3) is 2.11. The van der Waals surface area contributed by atoms with Crippen LogP contribution < -0.4 is 0 Å². The van der Waals surface area contributed by atoms with Gasteiger partial charge in [0, 0.05) is 0 Å². The van der Waals surface area contributed by atoms with Crippen LogP contribution in [0.5, 0.6) is 0 Å². The molecule has 0 amide bonds. The molecule has 0 bridgehead atoms. The first kappa shape index (κ1) is 10.0. The highest BCUT2D eigenvalue weighted by Gasteiger charge is 2.10. The number of nitrogens with one attached hydrogen (secondary N) is 1. The molecule has 6 nitrogen and oxygen atoms in total. The Morgan fingerprint density at radius 1 is 1.53 bits per heavy atom. The zero-order chi connectivity index (χ0) is 10.7. The van der Waals surface area contributed by atoms with E-state index in [-0.39, 0.29) is 19.3 Å². The molecule has 0 fully saturated rings. The lowest BCUT2D eigenvalue weighted by atomic mass is 10.3. The molecule has 2 aromatic heterocycles. The van der Waals surface area contributed by atoms with Crippen LogP contribution in [0.3, 0.4) is 0 Å². The van der Waals surface area contributed by atoms with E-state index in [1.807, 2.05) is 6.92 Å². The van der Waals surface area contributed by atoms with Gasteiger partial charge in [0.05, 0.1) is 25.7 Å². The van der Waals surface area contributed by atoms with E-state index < -0.39 is 0 Å². The summed E-state index contributed by atoms with van der Waals surface area (Å²) < 4.78 is 5.29. The van der Waals surface area contributed by atoms with Crippen molar-refractivity contribution >= 4 is 11.2 Å². The second kappa shape index (κ2) is 4.33. The van der Waals surface area contributed by atoms with Crippen molar-refractivity contribution in [1.29, 1.82) is 0 Å². The Morgan fingerprint density at radius 3 is 3.20 bits per heavy atom. The maximum Gasteiger partial charge on any atom is 0.180 e. The van der Waals surface area contributed by atoms with Gasteiger partial charge < -0.3 is 14.8 Å². The number of aromatic amines is 1. The molecule has 0 aromatic carbocycles. The monoisotopic (exact) mass is 208 g/mol. The maximum atomic E-state index is 8.62. The molecule has 2 aromatic rings. The van der Waals surface area contributed by atoms with Crippen LogP contribution in [0.15, 0.2) is 12.5 Å². The van der Waals surface area contributed by atoms with Crippen molar-refractivity contribution in [3.63, 3.8) is 0 Å². The highest BCUT2D eigenvalue weighted by atomic mass is 16.5. The third-order valence-electron chi connectivity index (χ3n) is 2.02. The van der Waals surface area contributed by atoms with Crippen LogP contribution in [-0.4, -0.2) is 38.3 Å². The highest BCUT2D eigenvalue weighted by Crippen LogP contribution is 2.13. The largest absolute Gasteiger partial charge is 0.394 e. The summed E-state index contributed by atoms with van der Waals surface area (Å²) in [4.78, 5) is 15.3. The number of H-pyrrole nitrogens is 1. The number of aliphatic hydroxyl groups is 1. The zero-order valence-corrected chi connectivity index (χ0v) is 8.34. The molecule has 1 atom stereocenters. The second-order valence-corrected chi connectivity index (χ2v) is 3.10. The van der Waals surface area contributed by atoms with Gasteiger partial charge in [-0.2, -0.15) is 0 Å². The summed E-state index contributed by atoms with van der Waals surface area (Å²) in [6.45, 7) is 2.11. The van der Waals surface area contributed by atoms with Gasteiger partial charge in [0.2, 0.25) is 0 Å². The average Bonchev–Trinajstić information content (AvgIpc) is 2.72. The fourth-order valence-corrected chi connectivity index (χ4v) is 1.25. The van der Waals surface area contributed by atoms with Crippen molar-refractivity contribution in [3.8, 4) is 0 Å². The lowest BCUT2D eigenvalue weighted by molar-refractivity contribution is 0.0339. The van der Waals surface area contributed by atoms with E-state index in [1.165, 1.54) is 0 Å². The Bertz CT molecular complexity index is 442. The summed E-state index contributed by atoms with van der Waals surface area (Å²) in [6, 6.07) is 0. The molecular formula is C9H12N4O2. The molecule has 80 valence electrons. The topological polar surface area (TPSA) is 83.9 Å². The fourth-order valence-electron chi connectivity index (χ4n) is 1.25. The normalized spacial score (nSPS) is 13.2. The number of hydrogen-bond donors (Lipinski definition) is 2. The number of fused-ring (bicyclic) bond motifs is 1. The maximum absolute atomic E-state index is 8.62. The first-order valence-electron chi connectivity index (χ1n) is 4.69. The van der Waals surface area contributed by atoms with Gasteiger partial charge in [0.15, 0.2) is 11.5 Å². The Hall–Kier alpha value is -1.53. The Morgan fingerprint density at radius 2 is 2.40 bits per heavy atom. The van der Waals surface area contributed by atoms with Crippen molar-refractivity contribution in [2.75, 3.05) is 13.2 Å². The molecule has 0 aliphatic carbocycles. The Balaban J connectivity index is 2.19. The van der Waals surface area contributed by atoms with Crippen LogP contribution in [-0.2, 0) is 4.74 Å². The standard InChI is InChI=1S/C9H12N4O2/c1-6(15-3-2-14)8-10-4-7-9(13-8)12-5-11-7/h4-6,14H,2-3H2,1H3,(H,10,11,12,13). The van der Waals surface area contributed by atoms with Crippen LogP contribution in [0.2, 0.25) is 0 Å². The minimum atomic E-state index is -0.238. The molecular weight excluding hydrogens is 196 g/mol. The molecule has 1 unspecified atom stereocenters. The van der Waals surface area contributed by atoms with Gasteiger partial charge in [-0.1, -0.05) is 0 Å². The number of aliphatic hydroxyl groups excluding tert-OH is 1. The summed E-state index contributed by atoms with van der Waals surface area (Å²) in [6.07, 6.45) is 3.00. The van der Waals surface area contributed by atoms with Crippen LogP contribution >= 0.6 is 0 Å². The molecule has 0 radical (unpaired) electrons. The van der Waals surface area contributed by atoms with Crippen molar-refractivity contribution in [3.05, 3.63) is 18.3 Å². The lowest BCUT2D eigenvalue weighted by Crippen LogP contribution is -2.08. The van der Waals surface area contributed by atoms with Gasteiger partial charge in [-0.15, -0.1) is 0 Å². The molecule has 0 spiro atoms. The van der Waals surface area contributed by atoms with Crippen molar-refractivity contribution in [2.24, 2.45) is 0 Å². The van der Waals surface area contributed by atoms with Crippen LogP contribution in [0.1, 0.15) is 18.9 Å². The second-order valence-electron chi connectivity index (χ2n) is 3.10. The first-order chi connectivity index (χ1) is 7.31. The predicted molar refractivity (Wildman–Crippen MR) is 53.1 cm³/mol. The number of rotatable bonds is 4. The van der Waals surface area contributed by atoms with Gasteiger partial charge in [0.1, 0.15) is 11.6 Å². The van der Waals surface area contributed by atoms with Crippen molar-refractivity contribution < 1.29 is 9.84 Å². The summed E-state index contributed by atoms with van der Waals surface area (Å²) in [7, 11) is 0. The summed E-state index contributed by atoms with van der Waals surface area (Å²) in [5.74, 6) is 0.572. The Kier molecular flexibility index (Phi) is 2.89. The molecule has 6 heteroatoms. The fraction of sp³-hybridized carbons (Fsp3) is 0.444. The molecule has 15 heavy (non-hydrogen) atoms. The molecule has 0 saturated carbocycles. The van der Waals surface area contributed by atoms with Gasteiger partial charge >= 0.3 is 0 Å². The zero-order valence-electron chi connectivity index (χ0n) is 8.34. The van der Waals surface area contributed by atoms with E-state index in [0.717, 1.165) is 5.52 Å². The predicted octanol–water partition coefficient (Wildman–Crippen LogP) is 0.423. The molecule has 0 aliphatic rings. The van der Waals surface area contributed by atoms with E-state index in [2.05, 4.69) is 19.9 Å².